The van der Waals surface area contributed by atoms with E-state index in [9.17, 15) is 8.42 Å². The Morgan fingerprint density at radius 3 is 2.54 bits per heavy atom. The summed E-state index contributed by atoms with van der Waals surface area (Å²) in [6.45, 7) is 3.25. The van der Waals surface area contributed by atoms with Gasteiger partial charge in [-0.25, -0.2) is 13.1 Å². The fraction of sp³-hybridized carbons (Fsp3) is 0.375. The monoisotopic (exact) mass is 386 g/mol. The van der Waals surface area contributed by atoms with Gasteiger partial charge in [0, 0.05) is 30.7 Å². The summed E-state index contributed by atoms with van der Waals surface area (Å²) in [5, 5.41) is 4.59. The summed E-state index contributed by atoms with van der Waals surface area (Å²) < 4.78 is 33.1. The highest BCUT2D eigenvalue weighted by atomic mass is 35.5. The molecule has 0 radical (unpaired) electrons. The SMILES string of the molecule is O=S(=O)(NC[C@@H](c1ccsc1)N1CCOCC1)c1ccc(Cl)cc1. The first kappa shape index (κ1) is 17.8. The van der Waals surface area contributed by atoms with Gasteiger partial charge in [0.25, 0.3) is 0 Å². The predicted octanol–water partition coefficient (Wildman–Crippen LogP) is 2.75. The van der Waals surface area contributed by atoms with Gasteiger partial charge in [-0.05, 0) is 46.7 Å². The van der Waals surface area contributed by atoms with Crippen LogP contribution in [-0.4, -0.2) is 46.2 Å². The standard InChI is InChI=1S/C16H19ClN2O3S2/c17-14-1-3-15(4-2-14)24(20,21)18-11-16(13-5-10-23-12-13)19-6-8-22-9-7-19/h1-5,10,12,16,18H,6-9,11H2/t16-/m0/s1. The van der Waals surface area contributed by atoms with E-state index in [-0.39, 0.29) is 10.9 Å². The van der Waals surface area contributed by atoms with Gasteiger partial charge in [0.05, 0.1) is 18.1 Å². The van der Waals surface area contributed by atoms with E-state index in [1.165, 1.54) is 12.1 Å². The van der Waals surface area contributed by atoms with Crippen LogP contribution in [0, 0.1) is 0 Å². The average molecular weight is 387 g/mol. The Labute approximate surface area is 151 Å². The van der Waals surface area contributed by atoms with Gasteiger partial charge in [0.1, 0.15) is 0 Å². The van der Waals surface area contributed by atoms with Crippen molar-refractivity contribution >= 4 is 33.0 Å². The number of nitrogens with one attached hydrogen (secondary N) is 1. The molecule has 130 valence electrons. The zero-order chi connectivity index (χ0) is 17.0. The number of hydrogen-bond donors (Lipinski definition) is 1. The van der Waals surface area contributed by atoms with Crippen molar-refractivity contribution in [2.75, 3.05) is 32.8 Å². The fourth-order valence-corrected chi connectivity index (χ4v) is 4.57. The minimum Gasteiger partial charge on any atom is -0.379 e. The van der Waals surface area contributed by atoms with Gasteiger partial charge < -0.3 is 4.74 Å². The van der Waals surface area contributed by atoms with Crippen molar-refractivity contribution in [1.82, 2.24) is 9.62 Å². The lowest BCUT2D eigenvalue weighted by Gasteiger charge is -2.34. The van der Waals surface area contributed by atoms with Crippen molar-refractivity contribution in [3.05, 3.63) is 51.7 Å². The van der Waals surface area contributed by atoms with Crippen molar-refractivity contribution in [2.24, 2.45) is 0 Å². The maximum absolute atomic E-state index is 12.5. The van der Waals surface area contributed by atoms with Gasteiger partial charge in [-0.2, -0.15) is 11.3 Å². The highest BCUT2D eigenvalue weighted by molar-refractivity contribution is 7.89. The molecule has 0 aliphatic carbocycles. The highest BCUT2D eigenvalue weighted by Gasteiger charge is 2.25. The summed E-state index contributed by atoms with van der Waals surface area (Å²) >= 11 is 7.44. The van der Waals surface area contributed by atoms with Crippen LogP contribution < -0.4 is 4.72 Å². The van der Waals surface area contributed by atoms with Crippen LogP contribution in [0.4, 0.5) is 0 Å². The van der Waals surface area contributed by atoms with E-state index in [1.54, 1.807) is 23.5 Å². The molecule has 1 aliphatic heterocycles. The van der Waals surface area contributed by atoms with Gasteiger partial charge in [-0.3, -0.25) is 4.90 Å². The topological polar surface area (TPSA) is 58.6 Å². The predicted molar refractivity (Wildman–Crippen MR) is 96.1 cm³/mol. The van der Waals surface area contributed by atoms with Gasteiger partial charge in [0.15, 0.2) is 0 Å². The lowest BCUT2D eigenvalue weighted by atomic mass is 10.1. The number of benzene rings is 1. The second-order valence-corrected chi connectivity index (χ2v) is 8.51. The molecule has 2 aromatic rings. The lowest BCUT2D eigenvalue weighted by Crippen LogP contribution is -2.43. The number of halogens is 1. The molecule has 5 nitrogen and oxygen atoms in total. The summed E-state index contributed by atoms with van der Waals surface area (Å²) in [5.74, 6) is 0. The summed E-state index contributed by atoms with van der Waals surface area (Å²) in [5.41, 5.74) is 1.13. The number of nitrogens with zero attached hydrogens (tertiary/aromatic N) is 1. The smallest absolute Gasteiger partial charge is 0.240 e. The Morgan fingerprint density at radius 2 is 1.92 bits per heavy atom. The second kappa shape index (κ2) is 7.95. The summed E-state index contributed by atoms with van der Waals surface area (Å²) in [4.78, 5) is 2.48. The van der Waals surface area contributed by atoms with Crippen molar-refractivity contribution in [3.8, 4) is 0 Å². The molecular weight excluding hydrogens is 368 g/mol. The number of thiophene rings is 1. The Morgan fingerprint density at radius 1 is 1.21 bits per heavy atom. The van der Waals surface area contributed by atoms with Gasteiger partial charge in [-0.1, -0.05) is 11.6 Å². The summed E-state index contributed by atoms with van der Waals surface area (Å²) in [7, 11) is -3.56. The molecule has 1 atom stereocenters. The third kappa shape index (κ3) is 4.36. The van der Waals surface area contributed by atoms with Crippen LogP contribution in [0.1, 0.15) is 11.6 Å². The van der Waals surface area contributed by atoms with Gasteiger partial charge in [0.2, 0.25) is 10.0 Å². The molecule has 24 heavy (non-hydrogen) atoms. The van der Waals surface area contributed by atoms with E-state index >= 15 is 0 Å². The zero-order valence-electron chi connectivity index (χ0n) is 13.0. The zero-order valence-corrected chi connectivity index (χ0v) is 15.4. The highest BCUT2D eigenvalue weighted by Crippen LogP contribution is 2.24. The molecule has 0 bridgehead atoms. The molecule has 0 unspecified atom stereocenters. The molecule has 0 amide bonds. The van der Waals surface area contributed by atoms with Crippen LogP contribution in [0.15, 0.2) is 46.0 Å². The minimum atomic E-state index is -3.56. The molecule has 1 aromatic carbocycles. The summed E-state index contributed by atoms with van der Waals surface area (Å²) in [6.07, 6.45) is 0. The molecule has 3 rings (SSSR count). The number of sulfonamides is 1. The third-order valence-corrected chi connectivity index (χ3v) is 6.40. The average Bonchev–Trinajstić information content (AvgIpc) is 3.11. The van der Waals surface area contributed by atoms with Crippen LogP contribution in [-0.2, 0) is 14.8 Å². The third-order valence-electron chi connectivity index (χ3n) is 4.01. The van der Waals surface area contributed by atoms with Gasteiger partial charge in [-0.15, -0.1) is 0 Å². The van der Waals surface area contributed by atoms with Crippen molar-refractivity contribution in [3.63, 3.8) is 0 Å². The van der Waals surface area contributed by atoms with E-state index < -0.39 is 10.0 Å². The Bertz CT molecular complexity index is 742. The quantitative estimate of drug-likeness (QED) is 0.829. The molecule has 1 fully saturated rings. The Hall–Kier alpha value is -0.960. The molecule has 1 N–H and O–H groups in total. The van der Waals surface area contributed by atoms with E-state index in [2.05, 4.69) is 15.0 Å². The van der Waals surface area contributed by atoms with Crippen LogP contribution >= 0.6 is 22.9 Å². The van der Waals surface area contributed by atoms with E-state index in [0.717, 1.165) is 18.7 Å². The van der Waals surface area contributed by atoms with Crippen molar-refractivity contribution < 1.29 is 13.2 Å². The Kier molecular flexibility index (Phi) is 5.91. The van der Waals surface area contributed by atoms with Crippen LogP contribution in [0.25, 0.3) is 0 Å². The van der Waals surface area contributed by atoms with E-state index in [4.69, 9.17) is 16.3 Å². The second-order valence-electron chi connectivity index (χ2n) is 5.53. The van der Waals surface area contributed by atoms with Crippen molar-refractivity contribution in [1.29, 1.82) is 0 Å². The normalized spacial score (nSPS) is 17.7. The largest absolute Gasteiger partial charge is 0.379 e. The number of rotatable bonds is 6. The molecule has 1 saturated heterocycles. The lowest BCUT2D eigenvalue weighted by molar-refractivity contribution is 0.0173. The van der Waals surface area contributed by atoms with Crippen LogP contribution in [0.3, 0.4) is 0 Å². The van der Waals surface area contributed by atoms with Gasteiger partial charge >= 0.3 is 0 Å². The molecule has 0 saturated carbocycles. The van der Waals surface area contributed by atoms with Crippen LogP contribution in [0.5, 0.6) is 0 Å². The summed E-state index contributed by atoms with van der Waals surface area (Å²) in [6, 6.07) is 8.23. The molecule has 1 aromatic heterocycles. The van der Waals surface area contributed by atoms with E-state index in [0.29, 0.717) is 24.8 Å². The first-order chi connectivity index (χ1) is 11.6. The fourth-order valence-electron chi connectivity index (χ4n) is 2.70. The Balaban J connectivity index is 1.74. The van der Waals surface area contributed by atoms with Crippen LogP contribution in [0.2, 0.25) is 5.02 Å². The number of hydrogen-bond acceptors (Lipinski definition) is 5. The first-order valence-corrected chi connectivity index (χ1v) is 10.5. The van der Waals surface area contributed by atoms with Crippen molar-refractivity contribution in [2.45, 2.75) is 10.9 Å². The number of morpholine rings is 1. The number of ether oxygens (including phenoxy) is 1. The molecule has 2 heterocycles. The maximum atomic E-state index is 12.5. The minimum absolute atomic E-state index is 0.00206. The van der Waals surface area contributed by atoms with E-state index in [1.807, 2.05) is 11.4 Å². The molecule has 1 aliphatic rings. The molecule has 8 heteroatoms. The maximum Gasteiger partial charge on any atom is 0.240 e. The molecular formula is C16H19ClN2O3S2. The molecule has 0 spiro atoms. The first-order valence-electron chi connectivity index (χ1n) is 7.65.